The van der Waals surface area contributed by atoms with E-state index in [2.05, 4.69) is 10.6 Å². The van der Waals surface area contributed by atoms with E-state index in [4.69, 9.17) is 9.47 Å². The molecule has 1 aromatic rings. The molecule has 5 nitrogen and oxygen atoms in total. The molecule has 2 unspecified atom stereocenters. The molecule has 1 amide bonds. The summed E-state index contributed by atoms with van der Waals surface area (Å²) in [6, 6.07) is 8.81. The fourth-order valence-electron chi connectivity index (χ4n) is 3.57. The Morgan fingerprint density at radius 1 is 1.22 bits per heavy atom. The van der Waals surface area contributed by atoms with E-state index in [9.17, 15) is 4.79 Å². The number of carbonyl (C=O) groups excluding carboxylic acids is 1. The first-order valence-corrected chi connectivity index (χ1v) is 8.62. The Morgan fingerprint density at radius 3 is 2.70 bits per heavy atom. The molecule has 2 atom stereocenters. The number of nitrogens with one attached hydrogen (secondary N) is 2. The number of fused-ring (bicyclic) bond motifs is 2. The molecule has 2 saturated heterocycles. The summed E-state index contributed by atoms with van der Waals surface area (Å²) >= 11 is 0. The molecule has 5 heteroatoms. The monoisotopic (exact) mass is 318 g/mol. The molecule has 2 aliphatic heterocycles. The van der Waals surface area contributed by atoms with Crippen molar-refractivity contribution in [3.05, 3.63) is 29.8 Å². The van der Waals surface area contributed by atoms with Gasteiger partial charge in [-0.2, -0.15) is 0 Å². The number of hydrogen-bond acceptors (Lipinski definition) is 4. The Bertz CT molecular complexity index is 523. The van der Waals surface area contributed by atoms with Crippen LogP contribution in [0.3, 0.4) is 0 Å². The Labute approximate surface area is 137 Å². The van der Waals surface area contributed by atoms with Crippen LogP contribution in [0.2, 0.25) is 0 Å². The summed E-state index contributed by atoms with van der Waals surface area (Å²) in [5.74, 6) is 0.588. The number of carbonyl (C=O) groups is 1. The maximum Gasteiger partial charge on any atom is 0.255 e. The van der Waals surface area contributed by atoms with Crippen LogP contribution >= 0.6 is 0 Å². The van der Waals surface area contributed by atoms with Crippen LogP contribution in [0.1, 0.15) is 43.0 Å². The van der Waals surface area contributed by atoms with Gasteiger partial charge in [0.2, 0.25) is 0 Å². The van der Waals surface area contributed by atoms with Gasteiger partial charge in [0.25, 0.3) is 5.91 Å². The Balaban J connectivity index is 1.58. The predicted octanol–water partition coefficient (Wildman–Crippen LogP) is 2.11. The summed E-state index contributed by atoms with van der Waals surface area (Å²) in [5.41, 5.74) is 0.606. The molecule has 2 fully saturated rings. The van der Waals surface area contributed by atoms with Gasteiger partial charge in [0, 0.05) is 24.7 Å². The highest BCUT2D eigenvalue weighted by molar-refractivity contribution is 5.97. The number of rotatable bonds is 7. The van der Waals surface area contributed by atoms with Gasteiger partial charge in [-0.1, -0.05) is 12.1 Å². The van der Waals surface area contributed by atoms with Crippen molar-refractivity contribution in [3.63, 3.8) is 0 Å². The van der Waals surface area contributed by atoms with Crippen LogP contribution < -0.4 is 15.4 Å². The Hall–Kier alpha value is -1.59. The molecule has 2 heterocycles. The van der Waals surface area contributed by atoms with Crippen LogP contribution in [0.5, 0.6) is 5.75 Å². The molecule has 0 spiro atoms. The maximum atomic E-state index is 12.6. The molecule has 0 aromatic heterocycles. The van der Waals surface area contributed by atoms with Crippen LogP contribution in [0.4, 0.5) is 0 Å². The largest absolute Gasteiger partial charge is 0.490 e. The lowest BCUT2D eigenvalue weighted by Crippen LogP contribution is -2.48. The van der Waals surface area contributed by atoms with Crippen LogP contribution in [0, 0.1) is 0 Å². The minimum Gasteiger partial charge on any atom is -0.490 e. The maximum absolute atomic E-state index is 12.6. The second kappa shape index (κ2) is 7.79. The third-order valence-corrected chi connectivity index (χ3v) is 4.63. The molecule has 2 aliphatic rings. The summed E-state index contributed by atoms with van der Waals surface area (Å²) < 4.78 is 11.0. The van der Waals surface area contributed by atoms with Crippen molar-refractivity contribution >= 4 is 5.91 Å². The molecule has 126 valence electrons. The topological polar surface area (TPSA) is 59.6 Å². The quantitative estimate of drug-likeness (QED) is 0.756. The van der Waals surface area contributed by atoms with Crippen LogP contribution in [-0.4, -0.2) is 43.9 Å². The normalized spacial score (nSPS) is 26.0. The SMILES string of the molecule is CCOCCOc1ccccc1C(=O)NC1CC2CCC(C1)N2. The molecule has 23 heavy (non-hydrogen) atoms. The molecule has 1 aromatic carbocycles. The van der Waals surface area contributed by atoms with E-state index in [-0.39, 0.29) is 11.9 Å². The van der Waals surface area contributed by atoms with Gasteiger partial charge in [-0.3, -0.25) is 4.79 Å². The zero-order valence-corrected chi connectivity index (χ0v) is 13.7. The van der Waals surface area contributed by atoms with Crippen LogP contribution in [0.15, 0.2) is 24.3 Å². The third-order valence-electron chi connectivity index (χ3n) is 4.63. The van der Waals surface area contributed by atoms with Crippen molar-refractivity contribution in [2.45, 2.75) is 50.7 Å². The fourth-order valence-corrected chi connectivity index (χ4v) is 3.57. The Morgan fingerprint density at radius 2 is 1.96 bits per heavy atom. The fraction of sp³-hybridized carbons (Fsp3) is 0.611. The van der Waals surface area contributed by atoms with Gasteiger partial charge in [-0.15, -0.1) is 0 Å². The third kappa shape index (κ3) is 4.24. The van der Waals surface area contributed by atoms with Gasteiger partial charge in [0.1, 0.15) is 12.4 Å². The Kier molecular flexibility index (Phi) is 5.51. The van der Waals surface area contributed by atoms with Gasteiger partial charge in [0.05, 0.1) is 12.2 Å². The van der Waals surface area contributed by atoms with Crippen molar-refractivity contribution in [3.8, 4) is 5.75 Å². The molecular formula is C18H26N2O3. The molecule has 0 aliphatic carbocycles. The first-order valence-electron chi connectivity index (χ1n) is 8.62. The molecule has 0 saturated carbocycles. The average molecular weight is 318 g/mol. The summed E-state index contributed by atoms with van der Waals surface area (Å²) in [7, 11) is 0. The van der Waals surface area contributed by atoms with Crippen molar-refractivity contribution in [1.82, 2.24) is 10.6 Å². The van der Waals surface area contributed by atoms with Gasteiger partial charge < -0.3 is 20.1 Å². The van der Waals surface area contributed by atoms with E-state index >= 15 is 0 Å². The minimum atomic E-state index is -0.0386. The average Bonchev–Trinajstić information content (AvgIpc) is 2.90. The first-order chi connectivity index (χ1) is 11.3. The standard InChI is InChI=1S/C18H26N2O3/c1-2-22-9-10-23-17-6-4-3-5-16(17)18(21)20-15-11-13-7-8-14(12-15)19-13/h3-6,13-15,19H,2,7-12H2,1H3,(H,20,21). The van der Waals surface area contributed by atoms with E-state index in [1.165, 1.54) is 12.8 Å². The van der Waals surface area contributed by atoms with Gasteiger partial charge in [0.15, 0.2) is 0 Å². The van der Waals surface area contributed by atoms with E-state index in [0.717, 1.165) is 12.8 Å². The second-order valence-electron chi connectivity index (χ2n) is 6.32. The number of benzene rings is 1. The van der Waals surface area contributed by atoms with E-state index in [1.807, 2.05) is 31.2 Å². The number of ether oxygens (including phenoxy) is 2. The molecule has 0 radical (unpaired) electrons. The highest BCUT2D eigenvalue weighted by Crippen LogP contribution is 2.27. The van der Waals surface area contributed by atoms with Crippen molar-refractivity contribution in [2.75, 3.05) is 19.8 Å². The number of amides is 1. The number of hydrogen-bond donors (Lipinski definition) is 2. The second-order valence-corrected chi connectivity index (χ2v) is 6.32. The van der Waals surface area contributed by atoms with Gasteiger partial charge >= 0.3 is 0 Å². The van der Waals surface area contributed by atoms with Gasteiger partial charge in [-0.05, 0) is 44.7 Å². The van der Waals surface area contributed by atoms with E-state index in [1.54, 1.807) is 0 Å². The van der Waals surface area contributed by atoms with Crippen molar-refractivity contribution in [1.29, 1.82) is 0 Å². The zero-order valence-electron chi connectivity index (χ0n) is 13.7. The van der Waals surface area contributed by atoms with Crippen molar-refractivity contribution in [2.24, 2.45) is 0 Å². The minimum absolute atomic E-state index is 0.0386. The first kappa shape index (κ1) is 16.3. The van der Waals surface area contributed by atoms with Crippen molar-refractivity contribution < 1.29 is 14.3 Å². The predicted molar refractivity (Wildman–Crippen MR) is 88.9 cm³/mol. The molecule has 2 bridgehead atoms. The zero-order chi connectivity index (χ0) is 16.1. The van der Waals surface area contributed by atoms with Crippen LogP contribution in [-0.2, 0) is 4.74 Å². The lowest BCUT2D eigenvalue weighted by molar-refractivity contribution is 0.0908. The molecule has 2 N–H and O–H groups in total. The highest BCUT2D eigenvalue weighted by Gasteiger charge is 2.34. The molecular weight excluding hydrogens is 292 g/mol. The number of para-hydroxylation sites is 1. The van der Waals surface area contributed by atoms with Crippen LogP contribution in [0.25, 0.3) is 0 Å². The summed E-state index contributed by atoms with van der Waals surface area (Å²) in [6.07, 6.45) is 4.51. The highest BCUT2D eigenvalue weighted by atomic mass is 16.5. The lowest BCUT2D eigenvalue weighted by Gasteiger charge is -2.29. The summed E-state index contributed by atoms with van der Waals surface area (Å²) in [5, 5.41) is 6.78. The summed E-state index contributed by atoms with van der Waals surface area (Å²) in [6.45, 7) is 3.61. The van der Waals surface area contributed by atoms with Gasteiger partial charge in [-0.25, -0.2) is 0 Å². The summed E-state index contributed by atoms with van der Waals surface area (Å²) in [4.78, 5) is 12.6. The number of piperidine rings is 1. The van der Waals surface area contributed by atoms with E-state index < -0.39 is 0 Å². The lowest BCUT2D eigenvalue weighted by atomic mass is 9.99. The van der Waals surface area contributed by atoms with E-state index in [0.29, 0.717) is 43.2 Å². The smallest absolute Gasteiger partial charge is 0.255 e. The molecule has 3 rings (SSSR count).